The number of hydrogen-bond acceptors (Lipinski definition) is 5. The largest absolute Gasteiger partial charge is 0.455 e. The van der Waals surface area contributed by atoms with E-state index < -0.39 is 0 Å². The van der Waals surface area contributed by atoms with E-state index in [-0.39, 0.29) is 0 Å². The minimum Gasteiger partial charge on any atom is -0.455 e. The van der Waals surface area contributed by atoms with Crippen LogP contribution in [0.4, 0.5) is 0 Å². The average Bonchev–Trinajstić information content (AvgIpc) is 3.77. The van der Waals surface area contributed by atoms with E-state index in [0.717, 1.165) is 82.8 Å². The summed E-state index contributed by atoms with van der Waals surface area (Å²) in [7, 11) is 0. The quantitative estimate of drug-likeness (QED) is 0.187. The van der Waals surface area contributed by atoms with Gasteiger partial charge in [0.05, 0.1) is 5.56 Å². The van der Waals surface area contributed by atoms with Crippen LogP contribution < -0.4 is 0 Å². The lowest BCUT2D eigenvalue weighted by atomic mass is 9.93. The highest BCUT2D eigenvalue weighted by Gasteiger charge is 2.22. The van der Waals surface area contributed by atoms with Crippen molar-refractivity contribution >= 4 is 43.9 Å². The van der Waals surface area contributed by atoms with E-state index in [9.17, 15) is 0 Å². The Morgan fingerprint density at radius 3 is 1.56 bits per heavy atom. The summed E-state index contributed by atoms with van der Waals surface area (Å²) in [6.07, 6.45) is 0. The lowest BCUT2D eigenvalue weighted by Crippen LogP contribution is -2.00. The molecular formula is C45H27N3O2. The molecule has 0 fully saturated rings. The molecule has 50 heavy (non-hydrogen) atoms. The molecule has 0 aliphatic rings. The van der Waals surface area contributed by atoms with Gasteiger partial charge in [-0.25, -0.2) is 15.0 Å². The van der Waals surface area contributed by atoms with Crippen molar-refractivity contribution in [2.45, 2.75) is 0 Å². The van der Waals surface area contributed by atoms with Gasteiger partial charge in [0.2, 0.25) is 0 Å². The highest BCUT2D eigenvalue weighted by molar-refractivity contribution is 6.19. The zero-order valence-electron chi connectivity index (χ0n) is 26.7. The lowest BCUT2D eigenvalue weighted by Gasteiger charge is -2.10. The number of aromatic nitrogens is 3. The van der Waals surface area contributed by atoms with Crippen molar-refractivity contribution in [2.24, 2.45) is 0 Å². The van der Waals surface area contributed by atoms with Crippen LogP contribution >= 0.6 is 0 Å². The zero-order chi connectivity index (χ0) is 33.0. The van der Waals surface area contributed by atoms with Crippen molar-refractivity contribution in [1.29, 1.82) is 0 Å². The third kappa shape index (κ3) is 4.60. The minimum absolute atomic E-state index is 0.551. The molecule has 0 atom stereocenters. The first kappa shape index (κ1) is 28.2. The second-order valence-corrected chi connectivity index (χ2v) is 12.4. The molecule has 234 valence electrons. The molecule has 3 heterocycles. The van der Waals surface area contributed by atoms with Crippen molar-refractivity contribution in [2.75, 3.05) is 0 Å². The summed E-state index contributed by atoms with van der Waals surface area (Å²) in [5, 5.41) is 4.16. The maximum atomic E-state index is 6.75. The van der Waals surface area contributed by atoms with E-state index in [1.165, 1.54) is 0 Å². The van der Waals surface area contributed by atoms with Gasteiger partial charge in [0.25, 0.3) is 0 Å². The minimum atomic E-state index is 0.551. The number of hydrogen-bond donors (Lipinski definition) is 0. The molecule has 0 unspecified atom stereocenters. The van der Waals surface area contributed by atoms with E-state index in [2.05, 4.69) is 66.7 Å². The van der Waals surface area contributed by atoms with E-state index in [0.29, 0.717) is 17.5 Å². The Morgan fingerprint density at radius 1 is 0.320 bits per heavy atom. The second-order valence-electron chi connectivity index (χ2n) is 12.4. The van der Waals surface area contributed by atoms with Crippen molar-refractivity contribution in [3.05, 3.63) is 164 Å². The van der Waals surface area contributed by atoms with Gasteiger partial charge in [-0.1, -0.05) is 133 Å². The highest BCUT2D eigenvalue weighted by atomic mass is 16.3. The molecule has 0 saturated heterocycles. The summed E-state index contributed by atoms with van der Waals surface area (Å²) in [5.41, 5.74) is 10.1. The van der Waals surface area contributed by atoms with Crippen molar-refractivity contribution in [3.63, 3.8) is 0 Å². The normalized spacial score (nSPS) is 11.6. The molecule has 0 N–H and O–H groups in total. The Balaban J connectivity index is 1.23. The number of benzene rings is 7. The van der Waals surface area contributed by atoms with Crippen molar-refractivity contribution < 1.29 is 8.83 Å². The smallest absolute Gasteiger partial charge is 0.167 e. The third-order valence-corrected chi connectivity index (χ3v) is 9.34. The summed E-state index contributed by atoms with van der Waals surface area (Å²) in [5.74, 6) is 1.76. The van der Waals surface area contributed by atoms with Gasteiger partial charge < -0.3 is 8.83 Å². The predicted octanol–water partition coefficient (Wildman–Crippen LogP) is 12.0. The first-order chi connectivity index (χ1) is 24.8. The van der Waals surface area contributed by atoms with Crippen LogP contribution in [0.1, 0.15) is 0 Å². The van der Waals surface area contributed by atoms with Crippen LogP contribution in [0.2, 0.25) is 0 Å². The average molecular weight is 642 g/mol. The number of nitrogens with zero attached hydrogens (tertiary/aromatic N) is 3. The fraction of sp³-hybridized carbons (Fsp3) is 0. The molecule has 0 spiro atoms. The Bertz CT molecular complexity index is 2800. The predicted molar refractivity (Wildman–Crippen MR) is 202 cm³/mol. The molecule has 0 amide bonds. The number of fused-ring (bicyclic) bond motifs is 6. The molecule has 0 aliphatic heterocycles. The Labute approximate surface area is 287 Å². The van der Waals surface area contributed by atoms with Crippen LogP contribution in [-0.2, 0) is 0 Å². The SMILES string of the molecule is c1ccc(-c2cc(-c3cccc4oc5c(-c6nc(-c7ccccc7)nc(-c7ccccc7)n6)cccc5c34)c3oc4ccccc4c3c2)cc1. The molecule has 5 heteroatoms. The van der Waals surface area contributed by atoms with Gasteiger partial charge in [0.1, 0.15) is 22.3 Å². The lowest BCUT2D eigenvalue weighted by molar-refractivity contribution is 0.669. The molecular weight excluding hydrogens is 615 g/mol. The Morgan fingerprint density at radius 2 is 0.840 bits per heavy atom. The van der Waals surface area contributed by atoms with E-state index >= 15 is 0 Å². The summed E-state index contributed by atoms with van der Waals surface area (Å²) in [6.45, 7) is 0. The summed E-state index contributed by atoms with van der Waals surface area (Å²) in [4.78, 5) is 14.9. The number of rotatable bonds is 5. The molecule has 0 aliphatic carbocycles. The molecule has 0 radical (unpaired) electrons. The Hall–Kier alpha value is -6.85. The van der Waals surface area contributed by atoms with E-state index in [1.807, 2.05) is 97.1 Å². The molecule has 5 nitrogen and oxygen atoms in total. The van der Waals surface area contributed by atoms with Crippen LogP contribution in [0, 0.1) is 0 Å². The van der Waals surface area contributed by atoms with Crippen molar-refractivity contribution in [1.82, 2.24) is 15.0 Å². The molecule has 3 aromatic heterocycles. The monoisotopic (exact) mass is 641 g/mol. The van der Waals surface area contributed by atoms with Crippen LogP contribution in [0.25, 0.3) is 100 Å². The van der Waals surface area contributed by atoms with Gasteiger partial charge in [0.15, 0.2) is 17.5 Å². The van der Waals surface area contributed by atoms with Gasteiger partial charge in [-0.2, -0.15) is 0 Å². The summed E-state index contributed by atoms with van der Waals surface area (Å²) in [6, 6.07) is 55.7. The molecule has 10 aromatic rings. The van der Waals surface area contributed by atoms with Gasteiger partial charge >= 0.3 is 0 Å². The maximum Gasteiger partial charge on any atom is 0.167 e. The fourth-order valence-corrected chi connectivity index (χ4v) is 7.00. The topological polar surface area (TPSA) is 65.0 Å². The van der Waals surface area contributed by atoms with Gasteiger partial charge in [-0.3, -0.25) is 0 Å². The van der Waals surface area contributed by atoms with Crippen LogP contribution in [0.5, 0.6) is 0 Å². The fourth-order valence-electron chi connectivity index (χ4n) is 7.00. The molecule has 0 bridgehead atoms. The van der Waals surface area contributed by atoms with Crippen molar-refractivity contribution in [3.8, 4) is 56.4 Å². The third-order valence-electron chi connectivity index (χ3n) is 9.34. The molecule has 7 aromatic carbocycles. The van der Waals surface area contributed by atoms with Crippen LogP contribution in [-0.4, -0.2) is 15.0 Å². The molecule has 0 saturated carbocycles. The first-order valence-corrected chi connectivity index (χ1v) is 16.6. The standard InChI is InChI=1S/C45H27N3O2/c1-4-14-28(15-5-1)31-26-36-32-20-10-11-24-38(32)49-42(36)37(27-31)33-21-13-25-39-40(33)34-22-12-23-35(41(34)50-39)45-47-43(29-16-6-2-7-17-29)46-44(48-45)30-18-8-3-9-19-30/h1-27H. The van der Waals surface area contributed by atoms with Gasteiger partial charge in [-0.15, -0.1) is 0 Å². The van der Waals surface area contributed by atoms with Gasteiger partial charge in [0, 0.05) is 38.2 Å². The van der Waals surface area contributed by atoms with E-state index in [1.54, 1.807) is 0 Å². The Kier molecular flexibility index (Phi) is 6.42. The maximum absolute atomic E-state index is 6.75. The second kappa shape index (κ2) is 11.4. The summed E-state index contributed by atoms with van der Waals surface area (Å²) < 4.78 is 13.4. The number of para-hydroxylation sites is 2. The summed E-state index contributed by atoms with van der Waals surface area (Å²) >= 11 is 0. The molecule has 10 rings (SSSR count). The number of furan rings is 2. The van der Waals surface area contributed by atoms with Crippen LogP contribution in [0.3, 0.4) is 0 Å². The zero-order valence-corrected chi connectivity index (χ0v) is 26.7. The highest BCUT2D eigenvalue weighted by Crippen LogP contribution is 2.45. The van der Waals surface area contributed by atoms with E-state index in [4.69, 9.17) is 23.8 Å². The van der Waals surface area contributed by atoms with Gasteiger partial charge in [-0.05, 0) is 47.0 Å². The first-order valence-electron chi connectivity index (χ1n) is 16.6. The van der Waals surface area contributed by atoms with Crippen LogP contribution in [0.15, 0.2) is 173 Å².